The number of ether oxygens (including phenoxy) is 2. The third-order valence-corrected chi connectivity index (χ3v) is 5.17. The van der Waals surface area contributed by atoms with Crippen molar-refractivity contribution in [2.24, 2.45) is 7.05 Å². The molecule has 0 aliphatic carbocycles. The zero-order valence-corrected chi connectivity index (χ0v) is 17.5. The highest BCUT2D eigenvalue weighted by Gasteiger charge is 2.32. The summed E-state index contributed by atoms with van der Waals surface area (Å²) in [5, 5.41) is 3.98. The number of hydrogen-bond acceptors (Lipinski definition) is 6. The highest BCUT2D eigenvalue weighted by molar-refractivity contribution is 5.88. The lowest BCUT2D eigenvalue weighted by Gasteiger charge is -2.37. The zero-order chi connectivity index (χ0) is 21.7. The fraction of sp³-hybridized carbons (Fsp3) is 0.476. The Balaban J connectivity index is 1.66. The van der Waals surface area contributed by atoms with Crippen LogP contribution in [0, 0.1) is 5.82 Å². The van der Waals surface area contributed by atoms with E-state index in [1.807, 2.05) is 30.3 Å². The Labute approximate surface area is 175 Å². The van der Waals surface area contributed by atoms with Crippen LogP contribution in [0.5, 0.6) is 0 Å². The van der Waals surface area contributed by atoms with Gasteiger partial charge in [0.05, 0.1) is 6.61 Å². The minimum Gasteiger partial charge on any atom is -0.461 e. The van der Waals surface area contributed by atoms with Crippen LogP contribution in [0.3, 0.4) is 0 Å². The number of benzene rings is 1. The maximum Gasteiger partial charge on any atom is 0.410 e. The van der Waals surface area contributed by atoms with Crippen LogP contribution in [-0.2, 0) is 23.1 Å². The van der Waals surface area contributed by atoms with Crippen LogP contribution in [0.25, 0.3) is 0 Å². The van der Waals surface area contributed by atoms with Crippen molar-refractivity contribution in [2.75, 3.05) is 31.6 Å². The van der Waals surface area contributed by atoms with E-state index < -0.39 is 17.9 Å². The van der Waals surface area contributed by atoms with Gasteiger partial charge in [0.25, 0.3) is 0 Å². The summed E-state index contributed by atoms with van der Waals surface area (Å²) < 4.78 is 26.5. The van der Waals surface area contributed by atoms with Crippen LogP contribution in [-0.4, -0.2) is 59.5 Å². The molecule has 1 fully saturated rings. The smallest absolute Gasteiger partial charge is 0.410 e. The van der Waals surface area contributed by atoms with Crippen molar-refractivity contribution in [3.63, 3.8) is 0 Å². The predicted octanol–water partition coefficient (Wildman–Crippen LogP) is 2.97. The van der Waals surface area contributed by atoms with E-state index >= 15 is 0 Å². The average Bonchev–Trinajstić information content (AvgIpc) is 3.06. The number of carbonyl (C=O) groups is 2. The zero-order valence-electron chi connectivity index (χ0n) is 17.5. The summed E-state index contributed by atoms with van der Waals surface area (Å²) in [7, 11) is 3.31. The first-order valence-corrected chi connectivity index (χ1v) is 10.0. The van der Waals surface area contributed by atoms with E-state index in [4.69, 9.17) is 9.47 Å². The van der Waals surface area contributed by atoms with Gasteiger partial charge in [0.2, 0.25) is 5.69 Å². The number of esters is 1. The Morgan fingerprint density at radius 2 is 2.00 bits per heavy atom. The summed E-state index contributed by atoms with van der Waals surface area (Å²) >= 11 is 0. The third-order valence-electron chi connectivity index (χ3n) is 5.17. The molecule has 1 aliphatic heterocycles. The van der Waals surface area contributed by atoms with E-state index in [9.17, 15) is 14.0 Å². The number of hydrogen-bond donors (Lipinski definition) is 0. The van der Waals surface area contributed by atoms with Gasteiger partial charge in [-0.3, -0.25) is 0 Å². The molecule has 1 atom stereocenters. The Hall–Kier alpha value is -3.10. The van der Waals surface area contributed by atoms with E-state index in [1.54, 1.807) is 30.8 Å². The van der Waals surface area contributed by atoms with Crippen molar-refractivity contribution in [3.05, 3.63) is 47.4 Å². The summed E-state index contributed by atoms with van der Waals surface area (Å²) in [5.41, 5.74) is 0.580. The molecule has 30 heavy (non-hydrogen) atoms. The number of aromatic nitrogens is 2. The van der Waals surface area contributed by atoms with Crippen LogP contribution >= 0.6 is 0 Å². The fourth-order valence-corrected chi connectivity index (χ4v) is 3.62. The molecule has 0 unspecified atom stereocenters. The highest BCUT2D eigenvalue weighted by atomic mass is 19.1. The Bertz CT molecular complexity index is 887. The second-order valence-electron chi connectivity index (χ2n) is 7.22. The molecule has 3 rings (SSSR count). The molecule has 0 saturated carbocycles. The molecule has 1 saturated heterocycles. The monoisotopic (exact) mass is 418 g/mol. The second kappa shape index (κ2) is 9.60. The molecular formula is C21H27FN4O4. The molecule has 0 spiro atoms. The lowest BCUT2D eigenvalue weighted by Crippen LogP contribution is -2.49. The van der Waals surface area contributed by atoms with E-state index in [0.717, 1.165) is 18.4 Å². The number of nitrogens with zero attached hydrogens (tertiary/aromatic N) is 4. The largest absolute Gasteiger partial charge is 0.461 e. The molecule has 1 aromatic carbocycles. The van der Waals surface area contributed by atoms with Crippen LogP contribution in [0.2, 0.25) is 0 Å². The maximum absolute atomic E-state index is 14.9. The van der Waals surface area contributed by atoms with Gasteiger partial charge in [-0.2, -0.15) is 5.10 Å². The Morgan fingerprint density at radius 1 is 1.27 bits per heavy atom. The number of piperidine rings is 1. The number of likely N-dealkylation sites (N-methyl/N-ethyl adjacent to an activating group) is 1. The molecule has 0 radical (unpaired) electrons. The summed E-state index contributed by atoms with van der Waals surface area (Å²) in [6.45, 7) is 2.97. The summed E-state index contributed by atoms with van der Waals surface area (Å²) in [6, 6.07) is 9.34. The maximum atomic E-state index is 14.9. The number of likely N-dealkylation sites (tertiary alicyclic amines) is 1. The number of aryl methyl sites for hydroxylation is 1. The molecule has 0 bridgehead atoms. The summed E-state index contributed by atoms with van der Waals surface area (Å²) in [4.78, 5) is 27.8. The van der Waals surface area contributed by atoms with Crippen molar-refractivity contribution >= 4 is 17.9 Å². The van der Waals surface area contributed by atoms with Gasteiger partial charge in [-0.1, -0.05) is 30.3 Å². The van der Waals surface area contributed by atoms with Crippen LogP contribution in [0.1, 0.15) is 35.8 Å². The SMILES string of the molecule is CCOC(=O)c1nn(C)c(N(C)[C@H]2CCCN(C(=O)OCc3ccccc3)C2)c1F. The van der Waals surface area contributed by atoms with Crippen molar-refractivity contribution in [1.29, 1.82) is 0 Å². The molecule has 2 aromatic rings. The molecule has 0 N–H and O–H groups in total. The molecule has 1 aliphatic rings. The molecule has 1 aromatic heterocycles. The topological polar surface area (TPSA) is 76.9 Å². The van der Waals surface area contributed by atoms with E-state index in [0.29, 0.717) is 13.1 Å². The number of amides is 1. The van der Waals surface area contributed by atoms with Gasteiger partial charge in [0, 0.05) is 33.2 Å². The van der Waals surface area contributed by atoms with Gasteiger partial charge in [-0.05, 0) is 25.3 Å². The number of halogens is 1. The first kappa shape index (κ1) is 21.6. The van der Waals surface area contributed by atoms with Gasteiger partial charge < -0.3 is 19.3 Å². The van der Waals surface area contributed by atoms with E-state index in [1.165, 1.54) is 4.68 Å². The van der Waals surface area contributed by atoms with Crippen molar-refractivity contribution < 1.29 is 23.5 Å². The number of carbonyl (C=O) groups excluding carboxylic acids is 2. The van der Waals surface area contributed by atoms with Crippen molar-refractivity contribution in [2.45, 2.75) is 32.4 Å². The lowest BCUT2D eigenvalue weighted by atomic mass is 10.0. The van der Waals surface area contributed by atoms with Gasteiger partial charge in [0.1, 0.15) is 6.61 Å². The molecule has 2 heterocycles. The first-order valence-electron chi connectivity index (χ1n) is 10.0. The predicted molar refractivity (Wildman–Crippen MR) is 109 cm³/mol. The van der Waals surface area contributed by atoms with Crippen LogP contribution in [0.15, 0.2) is 30.3 Å². The normalized spacial score (nSPS) is 16.3. The van der Waals surface area contributed by atoms with Gasteiger partial charge in [0.15, 0.2) is 11.6 Å². The Kier molecular flexibility index (Phi) is 6.91. The van der Waals surface area contributed by atoms with Crippen LogP contribution < -0.4 is 4.90 Å². The lowest BCUT2D eigenvalue weighted by molar-refractivity contribution is 0.0513. The number of rotatable bonds is 6. The molecule has 1 amide bonds. The van der Waals surface area contributed by atoms with Crippen molar-refractivity contribution in [3.8, 4) is 0 Å². The minimum absolute atomic E-state index is 0.136. The van der Waals surface area contributed by atoms with E-state index in [2.05, 4.69) is 5.10 Å². The molecule has 162 valence electrons. The highest BCUT2D eigenvalue weighted by Crippen LogP contribution is 2.26. The molecule has 9 heteroatoms. The van der Waals surface area contributed by atoms with Crippen LogP contribution in [0.4, 0.5) is 15.0 Å². The summed E-state index contributed by atoms with van der Waals surface area (Å²) in [6.07, 6.45) is 1.15. The Morgan fingerprint density at radius 3 is 2.70 bits per heavy atom. The quantitative estimate of drug-likeness (QED) is 0.672. The van der Waals surface area contributed by atoms with Gasteiger partial charge in [-0.15, -0.1) is 0 Å². The first-order chi connectivity index (χ1) is 14.4. The number of anilines is 1. The molecular weight excluding hydrogens is 391 g/mol. The minimum atomic E-state index is -0.792. The summed E-state index contributed by atoms with van der Waals surface area (Å²) in [5.74, 6) is -1.33. The van der Waals surface area contributed by atoms with Gasteiger partial charge in [-0.25, -0.2) is 18.7 Å². The van der Waals surface area contributed by atoms with E-state index in [-0.39, 0.29) is 30.8 Å². The third kappa shape index (κ3) is 4.72. The second-order valence-corrected chi connectivity index (χ2v) is 7.22. The average molecular weight is 418 g/mol. The fourth-order valence-electron chi connectivity index (χ4n) is 3.62. The molecule has 8 nitrogen and oxygen atoms in total. The standard InChI is InChI=1S/C21H27FN4O4/c1-4-29-20(27)18-17(22)19(25(3)23-18)24(2)16-11-8-12-26(13-16)21(28)30-14-15-9-6-5-7-10-15/h5-7,9-10,16H,4,8,11-14H2,1-3H3/t16-/m0/s1. The van der Waals surface area contributed by atoms with Crippen molar-refractivity contribution in [1.82, 2.24) is 14.7 Å². The van der Waals surface area contributed by atoms with Gasteiger partial charge >= 0.3 is 12.1 Å².